The first-order chi connectivity index (χ1) is 12.9. The van der Waals surface area contributed by atoms with E-state index < -0.39 is 5.60 Å². The van der Waals surface area contributed by atoms with Gasteiger partial charge in [-0.1, -0.05) is 65.2 Å². The molecule has 0 radical (unpaired) electrons. The van der Waals surface area contributed by atoms with Gasteiger partial charge in [0, 0.05) is 25.7 Å². The Hall–Kier alpha value is -1.10. The van der Waals surface area contributed by atoms with Gasteiger partial charge in [-0.25, -0.2) is 0 Å². The molecule has 0 rings (SSSR count). The highest BCUT2D eigenvalue weighted by Gasteiger charge is 2.21. The smallest absolute Gasteiger partial charge is 0.305 e. The number of carbonyl (C=O) groups excluding carboxylic acids is 2. The number of aliphatic hydroxyl groups is 1. The highest BCUT2D eigenvalue weighted by atomic mass is 16.5. The standard InChI is InChI=1S/C22H42O5/c1-4-6-8-10-12-14-20(23)26-18-16-22(3,25)17-19-27-21(24)15-13-11-9-7-5-2/h25H,4-19H2,1-3H3. The molecular weight excluding hydrogens is 344 g/mol. The fourth-order valence-corrected chi connectivity index (χ4v) is 2.78. The van der Waals surface area contributed by atoms with Gasteiger partial charge in [0.05, 0.1) is 18.8 Å². The maximum atomic E-state index is 11.7. The first kappa shape index (κ1) is 25.9. The summed E-state index contributed by atoms with van der Waals surface area (Å²) in [5.41, 5.74) is -0.997. The number of hydrogen-bond donors (Lipinski definition) is 1. The number of esters is 2. The molecule has 0 amide bonds. The van der Waals surface area contributed by atoms with Crippen molar-refractivity contribution >= 4 is 11.9 Å². The van der Waals surface area contributed by atoms with Crippen molar-refractivity contribution in [3.05, 3.63) is 0 Å². The minimum absolute atomic E-state index is 0.197. The summed E-state index contributed by atoms with van der Waals surface area (Å²) in [6.45, 7) is 6.41. The Morgan fingerprint density at radius 2 is 1.07 bits per heavy atom. The van der Waals surface area contributed by atoms with Gasteiger partial charge in [0.1, 0.15) is 0 Å². The van der Waals surface area contributed by atoms with Gasteiger partial charge in [0.15, 0.2) is 0 Å². The van der Waals surface area contributed by atoms with Gasteiger partial charge in [-0.05, 0) is 19.8 Å². The third-order valence-electron chi connectivity index (χ3n) is 4.78. The van der Waals surface area contributed by atoms with E-state index in [1.807, 2.05) is 0 Å². The average Bonchev–Trinajstić information content (AvgIpc) is 2.61. The normalized spacial score (nSPS) is 11.4. The zero-order valence-electron chi connectivity index (χ0n) is 17.9. The summed E-state index contributed by atoms with van der Waals surface area (Å²) < 4.78 is 10.4. The predicted octanol–water partition coefficient (Wildman–Crippen LogP) is 5.33. The maximum absolute atomic E-state index is 11.7. The molecule has 0 aromatic carbocycles. The van der Waals surface area contributed by atoms with Gasteiger partial charge < -0.3 is 14.6 Å². The molecule has 0 saturated heterocycles. The van der Waals surface area contributed by atoms with Crippen LogP contribution in [-0.2, 0) is 19.1 Å². The minimum atomic E-state index is -0.997. The van der Waals surface area contributed by atoms with Crippen LogP contribution < -0.4 is 0 Å². The lowest BCUT2D eigenvalue weighted by Gasteiger charge is -2.22. The summed E-state index contributed by atoms with van der Waals surface area (Å²) in [6.07, 6.45) is 12.6. The second-order valence-corrected chi connectivity index (χ2v) is 7.77. The minimum Gasteiger partial charge on any atom is -0.466 e. The second kappa shape index (κ2) is 17.0. The highest BCUT2D eigenvalue weighted by molar-refractivity contribution is 5.69. The fraction of sp³-hybridized carbons (Fsp3) is 0.909. The van der Waals surface area contributed by atoms with E-state index in [9.17, 15) is 14.7 Å². The summed E-state index contributed by atoms with van der Waals surface area (Å²) in [5.74, 6) is -0.395. The second-order valence-electron chi connectivity index (χ2n) is 7.77. The Morgan fingerprint density at radius 1 is 0.704 bits per heavy atom. The topological polar surface area (TPSA) is 72.8 Å². The van der Waals surface area contributed by atoms with Crippen molar-refractivity contribution in [3.8, 4) is 0 Å². The van der Waals surface area contributed by atoms with Gasteiger partial charge in [-0.2, -0.15) is 0 Å². The summed E-state index contributed by atoms with van der Waals surface area (Å²) in [7, 11) is 0. The molecule has 0 unspecified atom stereocenters. The molecule has 0 aliphatic carbocycles. The molecule has 0 saturated carbocycles. The number of carbonyl (C=O) groups is 2. The number of unbranched alkanes of at least 4 members (excludes halogenated alkanes) is 8. The molecule has 0 fully saturated rings. The van der Waals surface area contributed by atoms with Crippen LogP contribution in [0.1, 0.15) is 111 Å². The van der Waals surface area contributed by atoms with Crippen molar-refractivity contribution in [2.24, 2.45) is 0 Å². The van der Waals surface area contributed by atoms with Crippen LogP contribution in [0.25, 0.3) is 0 Å². The van der Waals surface area contributed by atoms with Gasteiger partial charge in [-0.15, -0.1) is 0 Å². The van der Waals surface area contributed by atoms with E-state index >= 15 is 0 Å². The lowest BCUT2D eigenvalue weighted by atomic mass is 9.99. The summed E-state index contributed by atoms with van der Waals surface area (Å²) >= 11 is 0. The van der Waals surface area contributed by atoms with E-state index in [1.165, 1.54) is 25.7 Å². The summed E-state index contributed by atoms with van der Waals surface area (Å²) in [5, 5.41) is 10.3. The molecule has 0 bridgehead atoms. The Balaban J connectivity index is 3.67. The van der Waals surface area contributed by atoms with Crippen LogP contribution in [0, 0.1) is 0 Å². The lowest BCUT2D eigenvalue weighted by molar-refractivity contribution is -0.146. The van der Waals surface area contributed by atoms with Crippen LogP contribution in [0.3, 0.4) is 0 Å². The largest absolute Gasteiger partial charge is 0.466 e. The summed E-state index contributed by atoms with van der Waals surface area (Å²) in [4.78, 5) is 23.3. The molecule has 160 valence electrons. The third kappa shape index (κ3) is 18.0. The molecule has 0 aliphatic heterocycles. The van der Waals surface area contributed by atoms with Crippen molar-refractivity contribution in [3.63, 3.8) is 0 Å². The van der Waals surface area contributed by atoms with Crippen molar-refractivity contribution < 1.29 is 24.2 Å². The van der Waals surface area contributed by atoms with Crippen LogP contribution in [0.4, 0.5) is 0 Å². The molecule has 0 aromatic heterocycles. The van der Waals surface area contributed by atoms with Gasteiger partial charge in [0.25, 0.3) is 0 Å². The van der Waals surface area contributed by atoms with Crippen LogP contribution in [0.2, 0.25) is 0 Å². The zero-order valence-corrected chi connectivity index (χ0v) is 17.9. The van der Waals surface area contributed by atoms with E-state index in [1.54, 1.807) is 6.92 Å². The fourth-order valence-electron chi connectivity index (χ4n) is 2.78. The Kier molecular flexibility index (Phi) is 16.3. The molecule has 5 heteroatoms. The summed E-state index contributed by atoms with van der Waals surface area (Å²) in [6, 6.07) is 0. The van der Waals surface area contributed by atoms with Crippen LogP contribution >= 0.6 is 0 Å². The van der Waals surface area contributed by atoms with Crippen molar-refractivity contribution in [1.82, 2.24) is 0 Å². The zero-order chi connectivity index (χ0) is 20.4. The molecule has 5 nitrogen and oxygen atoms in total. The van der Waals surface area contributed by atoms with Crippen molar-refractivity contribution in [2.45, 2.75) is 116 Å². The van der Waals surface area contributed by atoms with E-state index in [0.29, 0.717) is 25.7 Å². The van der Waals surface area contributed by atoms with Crippen LogP contribution in [0.15, 0.2) is 0 Å². The van der Waals surface area contributed by atoms with Crippen LogP contribution in [0.5, 0.6) is 0 Å². The monoisotopic (exact) mass is 386 g/mol. The molecule has 1 N–H and O–H groups in total. The molecule has 27 heavy (non-hydrogen) atoms. The maximum Gasteiger partial charge on any atom is 0.305 e. The van der Waals surface area contributed by atoms with Gasteiger partial charge in [0.2, 0.25) is 0 Å². The molecule has 0 spiro atoms. The average molecular weight is 387 g/mol. The molecule has 0 aliphatic rings. The number of rotatable bonds is 18. The van der Waals surface area contributed by atoms with E-state index in [0.717, 1.165) is 38.5 Å². The predicted molar refractivity (Wildman–Crippen MR) is 109 cm³/mol. The third-order valence-corrected chi connectivity index (χ3v) is 4.78. The molecule has 0 aromatic rings. The van der Waals surface area contributed by atoms with E-state index in [2.05, 4.69) is 13.8 Å². The molecular formula is C22H42O5. The van der Waals surface area contributed by atoms with E-state index in [4.69, 9.17) is 9.47 Å². The van der Waals surface area contributed by atoms with Gasteiger partial charge in [-0.3, -0.25) is 9.59 Å². The molecule has 0 heterocycles. The van der Waals surface area contributed by atoms with Crippen LogP contribution in [-0.4, -0.2) is 35.9 Å². The van der Waals surface area contributed by atoms with Crippen molar-refractivity contribution in [1.29, 1.82) is 0 Å². The molecule has 0 atom stereocenters. The first-order valence-corrected chi connectivity index (χ1v) is 10.9. The Bertz CT molecular complexity index is 345. The number of ether oxygens (including phenoxy) is 2. The SMILES string of the molecule is CCCCCCCC(=O)OCCC(C)(O)CCOC(=O)CCCCCCC. The number of hydrogen-bond acceptors (Lipinski definition) is 5. The Morgan fingerprint density at radius 3 is 1.44 bits per heavy atom. The quantitative estimate of drug-likeness (QED) is 0.255. The lowest BCUT2D eigenvalue weighted by Crippen LogP contribution is -2.29. The van der Waals surface area contributed by atoms with Gasteiger partial charge >= 0.3 is 11.9 Å². The van der Waals surface area contributed by atoms with Crippen molar-refractivity contribution in [2.75, 3.05) is 13.2 Å². The Labute approximate surface area is 166 Å². The highest BCUT2D eigenvalue weighted by Crippen LogP contribution is 2.15. The van der Waals surface area contributed by atoms with E-state index in [-0.39, 0.29) is 25.2 Å². The first-order valence-electron chi connectivity index (χ1n) is 10.9.